The highest BCUT2D eigenvalue weighted by molar-refractivity contribution is 5.82. The van der Waals surface area contributed by atoms with E-state index in [1.807, 2.05) is 51.1 Å². The van der Waals surface area contributed by atoms with Crippen molar-refractivity contribution in [3.05, 3.63) is 53.3 Å². The van der Waals surface area contributed by atoms with Crippen LogP contribution in [0.5, 0.6) is 0 Å². The Bertz CT molecular complexity index is 1390. The van der Waals surface area contributed by atoms with E-state index < -0.39 is 29.4 Å². The maximum absolute atomic E-state index is 13.7. The molecule has 1 aromatic carbocycles. The Morgan fingerprint density at radius 1 is 0.977 bits per heavy atom. The summed E-state index contributed by atoms with van der Waals surface area (Å²) in [6, 6.07) is 8.09. The molecule has 2 saturated heterocycles. The molecule has 3 aliphatic heterocycles. The van der Waals surface area contributed by atoms with Gasteiger partial charge in [0.2, 0.25) is 5.91 Å². The molecule has 1 unspecified atom stereocenters. The van der Waals surface area contributed by atoms with Crippen LogP contribution >= 0.6 is 0 Å². The first-order chi connectivity index (χ1) is 20.7. The van der Waals surface area contributed by atoms with Crippen molar-refractivity contribution in [2.45, 2.75) is 84.3 Å². The maximum Gasteiger partial charge on any atom is 0.410 e. The van der Waals surface area contributed by atoms with E-state index in [4.69, 9.17) is 14.3 Å². The summed E-state index contributed by atoms with van der Waals surface area (Å²) in [5.74, 6) is -0.519. The summed E-state index contributed by atoms with van der Waals surface area (Å²) in [6.45, 7) is 12.1. The fourth-order valence-corrected chi connectivity index (χ4v) is 5.65. The highest BCUT2D eigenvalue weighted by Gasteiger charge is 2.51. The zero-order valence-electron chi connectivity index (χ0n) is 26.2. The number of hydroxylamine groups is 2. The summed E-state index contributed by atoms with van der Waals surface area (Å²) in [7, 11) is 0. The Kier molecular flexibility index (Phi) is 8.61. The fourth-order valence-electron chi connectivity index (χ4n) is 5.65. The van der Waals surface area contributed by atoms with Gasteiger partial charge >= 0.3 is 18.2 Å². The number of amides is 4. The molecule has 4 amide bonds. The molecule has 0 saturated carbocycles. The third-order valence-electron chi connectivity index (χ3n) is 7.68. The van der Waals surface area contributed by atoms with Crippen molar-refractivity contribution < 1.29 is 33.5 Å². The van der Waals surface area contributed by atoms with Gasteiger partial charge in [0.15, 0.2) is 0 Å². The molecule has 5 rings (SSSR count). The van der Waals surface area contributed by atoms with Gasteiger partial charge in [-0.25, -0.2) is 19.1 Å². The van der Waals surface area contributed by atoms with Crippen LogP contribution in [0.2, 0.25) is 0 Å². The van der Waals surface area contributed by atoms with Gasteiger partial charge < -0.3 is 24.6 Å². The zero-order valence-corrected chi connectivity index (χ0v) is 26.2. The second kappa shape index (κ2) is 12.1. The molecule has 2 bridgehead atoms. The molecule has 13 nitrogen and oxygen atoms in total. The lowest BCUT2D eigenvalue weighted by molar-refractivity contribution is -0.141. The first-order valence-corrected chi connectivity index (χ1v) is 15.1. The Morgan fingerprint density at radius 3 is 2.27 bits per heavy atom. The smallest absolute Gasteiger partial charge is 0.410 e. The molecule has 0 spiro atoms. The highest BCUT2D eigenvalue weighted by Crippen LogP contribution is 2.43. The van der Waals surface area contributed by atoms with Crippen molar-refractivity contribution in [2.24, 2.45) is 5.92 Å². The van der Waals surface area contributed by atoms with Crippen LogP contribution in [0.1, 0.15) is 88.1 Å². The largest absolute Gasteiger partial charge is 0.444 e. The Hall–Kier alpha value is -4.13. The van der Waals surface area contributed by atoms with Crippen LogP contribution in [-0.2, 0) is 20.9 Å². The molecule has 13 heteroatoms. The lowest BCUT2D eigenvalue weighted by atomic mass is 9.96. The number of piperidine rings is 1. The minimum Gasteiger partial charge on any atom is -0.444 e. The molecule has 4 heterocycles. The zero-order chi connectivity index (χ0) is 31.8. The number of hydrogen-bond donors (Lipinski definition) is 1. The van der Waals surface area contributed by atoms with Crippen molar-refractivity contribution in [3.8, 4) is 0 Å². The molecule has 238 valence electrons. The molecule has 1 aromatic heterocycles. The van der Waals surface area contributed by atoms with Crippen molar-refractivity contribution >= 4 is 24.1 Å². The lowest BCUT2D eigenvalue weighted by Gasteiger charge is -2.32. The van der Waals surface area contributed by atoms with Crippen molar-refractivity contribution in [2.75, 3.05) is 26.2 Å². The number of urea groups is 1. The molecule has 3 aliphatic rings. The van der Waals surface area contributed by atoms with Crippen LogP contribution in [0.4, 0.5) is 14.4 Å². The van der Waals surface area contributed by atoms with E-state index >= 15 is 0 Å². The van der Waals surface area contributed by atoms with Crippen LogP contribution in [0, 0.1) is 5.92 Å². The van der Waals surface area contributed by atoms with E-state index in [2.05, 4.69) is 10.4 Å². The van der Waals surface area contributed by atoms with Crippen molar-refractivity contribution in [1.29, 1.82) is 0 Å². The fraction of sp³-hybridized carbons (Fsp3) is 0.581. The van der Waals surface area contributed by atoms with Crippen LogP contribution in [-0.4, -0.2) is 86.1 Å². The number of benzene rings is 1. The SMILES string of the molecule is CC(C)(C)OC(=O)NCC1c2nn(C(=O)C3CCN(C(=O)OC(C)(C)C)CC3)cc2[C@H]2CN1C(=O)N2OCc1ccccc1. The summed E-state index contributed by atoms with van der Waals surface area (Å²) in [5, 5.41) is 8.79. The molecule has 0 aliphatic carbocycles. The molecule has 1 N–H and O–H groups in total. The van der Waals surface area contributed by atoms with E-state index in [0.29, 0.717) is 43.7 Å². The number of rotatable bonds is 6. The van der Waals surface area contributed by atoms with Crippen LogP contribution < -0.4 is 5.32 Å². The monoisotopic (exact) mass is 610 g/mol. The van der Waals surface area contributed by atoms with E-state index in [1.54, 1.807) is 36.8 Å². The molecule has 2 aromatic rings. The molecule has 2 atom stereocenters. The van der Waals surface area contributed by atoms with Gasteiger partial charge in [-0.2, -0.15) is 10.2 Å². The van der Waals surface area contributed by atoms with Gasteiger partial charge in [0.05, 0.1) is 18.3 Å². The number of carbonyl (C=O) groups excluding carboxylic acids is 4. The van der Waals surface area contributed by atoms with Gasteiger partial charge in [-0.15, -0.1) is 0 Å². The highest BCUT2D eigenvalue weighted by atomic mass is 16.7. The third kappa shape index (κ3) is 6.98. The van der Waals surface area contributed by atoms with E-state index in [0.717, 1.165) is 5.56 Å². The number of nitrogens with one attached hydrogen (secondary N) is 1. The number of likely N-dealkylation sites (tertiary alicyclic amines) is 1. The van der Waals surface area contributed by atoms with Crippen molar-refractivity contribution in [1.82, 2.24) is 30.0 Å². The Morgan fingerprint density at radius 2 is 1.64 bits per heavy atom. The van der Waals surface area contributed by atoms with Crippen LogP contribution in [0.25, 0.3) is 0 Å². The van der Waals surface area contributed by atoms with Gasteiger partial charge in [-0.05, 0) is 59.9 Å². The minimum absolute atomic E-state index is 0.0480. The van der Waals surface area contributed by atoms with Gasteiger partial charge in [0.1, 0.15) is 23.9 Å². The topological polar surface area (TPSA) is 136 Å². The van der Waals surface area contributed by atoms with Crippen molar-refractivity contribution in [3.63, 3.8) is 0 Å². The molecule has 2 fully saturated rings. The summed E-state index contributed by atoms with van der Waals surface area (Å²) in [5.41, 5.74) is 0.837. The first kappa shape index (κ1) is 31.3. The number of hydrogen-bond acceptors (Lipinski definition) is 8. The van der Waals surface area contributed by atoms with Crippen LogP contribution in [0.3, 0.4) is 0 Å². The summed E-state index contributed by atoms with van der Waals surface area (Å²) >= 11 is 0. The lowest BCUT2D eigenvalue weighted by Crippen LogP contribution is -2.43. The Labute approximate surface area is 257 Å². The van der Waals surface area contributed by atoms with E-state index in [-0.39, 0.29) is 37.1 Å². The normalized spacial score (nSPS) is 20.4. The molecular weight excluding hydrogens is 568 g/mol. The standard InChI is InChI=1S/C31H42N6O7/c1-30(2,3)43-27(39)32-16-23-25-22(24-18-35(23)28(40)37(24)42-19-20-10-8-7-9-11-20)17-36(33-25)26(38)21-12-14-34(15-13-21)29(41)44-31(4,5)6/h7-11,17,21,23-24H,12-16,18-19H2,1-6H3,(H,32,39)/t23?,24-/m1/s1. The van der Waals surface area contributed by atoms with E-state index in [9.17, 15) is 19.2 Å². The number of aromatic nitrogens is 2. The quantitative estimate of drug-likeness (QED) is 0.499. The predicted molar refractivity (Wildman–Crippen MR) is 158 cm³/mol. The number of carbonyl (C=O) groups is 4. The summed E-state index contributed by atoms with van der Waals surface area (Å²) in [4.78, 5) is 61.5. The predicted octanol–water partition coefficient (Wildman–Crippen LogP) is 4.66. The van der Waals surface area contributed by atoms with Gasteiger partial charge in [0.25, 0.3) is 0 Å². The maximum atomic E-state index is 13.7. The first-order valence-electron chi connectivity index (χ1n) is 15.1. The number of alkyl carbamates (subject to hydrolysis) is 1. The third-order valence-corrected chi connectivity index (χ3v) is 7.68. The van der Waals surface area contributed by atoms with Gasteiger partial charge in [0, 0.05) is 37.3 Å². The van der Waals surface area contributed by atoms with Gasteiger partial charge in [-0.1, -0.05) is 30.3 Å². The second-order valence-electron chi connectivity index (χ2n) is 13.4. The number of fused-ring (bicyclic) bond motifs is 4. The average Bonchev–Trinajstić information content (AvgIpc) is 3.51. The minimum atomic E-state index is -0.689. The van der Waals surface area contributed by atoms with Crippen LogP contribution in [0.15, 0.2) is 36.5 Å². The molecular formula is C31H42N6O7. The van der Waals surface area contributed by atoms with Gasteiger partial charge in [-0.3, -0.25) is 9.63 Å². The number of nitrogens with zero attached hydrogens (tertiary/aromatic N) is 5. The summed E-state index contributed by atoms with van der Waals surface area (Å²) in [6.07, 6.45) is 1.64. The second-order valence-corrected chi connectivity index (χ2v) is 13.4. The molecule has 44 heavy (non-hydrogen) atoms. The average molecular weight is 611 g/mol. The van der Waals surface area contributed by atoms with E-state index in [1.165, 1.54) is 9.75 Å². The Balaban J connectivity index is 1.34. The molecule has 0 radical (unpaired) electrons. The summed E-state index contributed by atoms with van der Waals surface area (Å²) < 4.78 is 12.2. The number of ether oxygens (including phenoxy) is 2.